The van der Waals surface area contributed by atoms with Crippen molar-refractivity contribution in [2.75, 3.05) is 16.2 Å². The Kier molecular flexibility index (Phi) is 5.81. The van der Waals surface area contributed by atoms with E-state index in [2.05, 4.69) is 29.5 Å². The zero-order valence-electron chi connectivity index (χ0n) is 21.1. The number of carbonyl (C=O) groups excluding carboxylic acids is 1. The third-order valence-corrected chi connectivity index (χ3v) is 9.43. The Hall–Kier alpha value is -4.02. The minimum atomic E-state index is -3.73. The van der Waals surface area contributed by atoms with Gasteiger partial charge in [-0.25, -0.2) is 13.4 Å². The molecule has 0 fully saturated rings. The molecule has 1 aliphatic heterocycles. The summed E-state index contributed by atoms with van der Waals surface area (Å²) in [7, 11) is -3.73. The largest absolute Gasteiger partial charge is 0.306 e. The van der Waals surface area contributed by atoms with Gasteiger partial charge in [0.25, 0.3) is 15.9 Å². The maximum atomic E-state index is 13.3. The van der Waals surface area contributed by atoms with Crippen LogP contribution in [0.1, 0.15) is 32.7 Å². The van der Waals surface area contributed by atoms with Gasteiger partial charge >= 0.3 is 0 Å². The van der Waals surface area contributed by atoms with E-state index in [0.29, 0.717) is 35.2 Å². The van der Waals surface area contributed by atoms with Gasteiger partial charge in [0.1, 0.15) is 5.82 Å². The van der Waals surface area contributed by atoms with Crippen molar-refractivity contribution in [3.05, 3.63) is 94.7 Å². The lowest BCUT2D eigenvalue weighted by Gasteiger charge is -2.19. The van der Waals surface area contributed by atoms with Gasteiger partial charge in [-0.3, -0.25) is 9.10 Å². The van der Waals surface area contributed by atoms with Crippen molar-refractivity contribution in [3.8, 4) is 5.13 Å². The van der Waals surface area contributed by atoms with Crippen molar-refractivity contribution in [2.45, 2.75) is 32.1 Å². The maximum absolute atomic E-state index is 13.3. The second-order valence-corrected chi connectivity index (χ2v) is 12.3. The van der Waals surface area contributed by atoms with Crippen molar-refractivity contribution in [2.24, 2.45) is 0 Å². The van der Waals surface area contributed by atoms with Crippen molar-refractivity contribution in [1.82, 2.24) is 14.8 Å². The topological polar surface area (TPSA) is 97.2 Å². The molecule has 192 valence electrons. The molecule has 1 aliphatic rings. The van der Waals surface area contributed by atoms with Gasteiger partial charge in [0.05, 0.1) is 26.5 Å². The van der Waals surface area contributed by atoms with Crippen LogP contribution in [0.25, 0.3) is 15.3 Å². The first kappa shape index (κ1) is 24.3. The fraction of sp³-hybridized carbons (Fsp3) is 0.179. The van der Waals surface area contributed by atoms with E-state index in [1.54, 1.807) is 10.7 Å². The lowest BCUT2D eigenvalue weighted by molar-refractivity contribution is 0.102. The number of aromatic nitrogens is 3. The first-order valence-electron chi connectivity index (χ1n) is 12.2. The highest BCUT2D eigenvalue weighted by Gasteiger charge is 2.30. The molecule has 1 amide bonds. The highest BCUT2D eigenvalue weighted by atomic mass is 32.2. The molecule has 0 saturated carbocycles. The minimum Gasteiger partial charge on any atom is -0.306 e. The van der Waals surface area contributed by atoms with Crippen LogP contribution >= 0.6 is 11.3 Å². The number of hydrogen-bond donors (Lipinski definition) is 1. The van der Waals surface area contributed by atoms with E-state index in [1.807, 2.05) is 38.1 Å². The Labute approximate surface area is 224 Å². The number of benzene rings is 3. The fourth-order valence-corrected chi connectivity index (χ4v) is 7.45. The van der Waals surface area contributed by atoms with E-state index in [4.69, 9.17) is 4.98 Å². The van der Waals surface area contributed by atoms with E-state index in [-0.39, 0.29) is 10.8 Å². The van der Waals surface area contributed by atoms with Gasteiger partial charge in [-0.1, -0.05) is 35.6 Å². The number of nitrogens with one attached hydrogen (secondary N) is 1. The van der Waals surface area contributed by atoms with Gasteiger partial charge in [0.2, 0.25) is 5.13 Å². The highest BCUT2D eigenvalue weighted by Crippen LogP contribution is 2.33. The Morgan fingerprint density at radius 3 is 2.55 bits per heavy atom. The number of hydrogen-bond acceptors (Lipinski definition) is 6. The Morgan fingerprint density at radius 2 is 1.76 bits per heavy atom. The van der Waals surface area contributed by atoms with Crippen LogP contribution in [0.5, 0.6) is 0 Å². The van der Waals surface area contributed by atoms with E-state index >= 15 is 0 Å². The summed E-state index contributed by atoms with van der Waals surface area (Å²) in [6, 6.07) is 19.5. The second-order valence-electron chi connectivity index (χ2n) is 9.44. The van der Waals surface area contributed by atoms with E-state index in [0.717, 1.165) is 32.6 Å². The van der Waals surface area contributed by atoms with Crippen LogP contribution in [-0.2, 0) is 16.4 Å². The Morgan fingerprint density at radius 1 is 1.00 bits per heavy atom. The van der Waals surface area contributed by atoms with E-state index in [9.17, 15) is 13.2 Å². The lowest BCUT2D eigenvalue weighted by Crippen LogP contribution is -2.29. The molecule has 0 spiro atoms. The summed E-state index contributed by atoms with van der Waals surface area (Å²) in [5.41, 5.74) is 5.96. The third kappa shape index (κ3) is 4.15. The van der Waals surface area contributed by atoms with Gasteiger partial charge in [0.15, 0.2) is 0 Å². The van der Waals surface area contributed by atoms with Crippen LogP contribution < -0.4 is 9.62 Å². The summed E-state index contributed by atoms with van der Waals surface area (Å²) in [5.74, 6) is 0.126. The molecule has 5 aromatic rings. The van der Waals surface area contributed by atoms with Gasteiger partial charge in [-0.05, 0) is 80.3 Å². The molecule has 0 radical (unpaired) electrons. The van der Waals surface area contributed by atoms with E-state index in [1.165, 1.54) is 39.9 Å². The standard InChI is InChI=1S/C28H25N5O3S2/c1-17-14-18(2)26-24(15-17)37-28(30-26)33-25(16-19(3)31-33)29-27(34)21-8-10-22(11-9-21)38(35,36)32-13-12-20-6-4-5-7-23(20)32/h4-11,14-16H,12-13H2,1-3H3,(H,29,34). The van der Waals surface area contributed by atoms with Crippen LogP contribution in [0, 0.1) is 20.8 Å². The highest BCUT2D eigenvalue weighted by molar-refractivity contribution is 7.92. The number of aryl methyl sites for hydroxylation is 3. The average Bonchev–Trinajstić information content (AvgIpc) is 3.60. The fourth-order valence-electron chi connectivity index (χ4n) is 4.84. The van der Waals surface area contributed by atoms with Crippen molar-refractivity contribution in [1.29, 1.82) is 0 Å². The van der Waals surface area contributed by atoms with Gasteiger partial charge in [-0.15, -0.1) is 0 Å². The van der Waals surface area contributed by atoms with Gasteiger partial charge < -0.3 is 5.32 Å². The number of carbonyl (C=O) groups is 1. The summed E-state index contributed by atoms with van der Waals surface area (Å²) in [5, 5.41) is 8.12. The molecule has 8 nitrogen and oxygen atoms in total. The molecule has 3 aromatic carbocycles. The van der Waals surface area contributed by atoms with Crippen molar-refractivity contribution >= 4 is 49.0 Å². The molecule has 6 rings (SSSR count). The Balaban J connectivity index is 1.25. The molecule has 10 heteroatoms. The number of thiazole rings is 1. The number of anilines is 2. The quantitative estimate of drug-likeness (QED) is 0.320. The number of sulfonamides is 1. The predicted octanol–water partition coefficient (Wildman–Crippen LogP) is 5.41. The van der Waals surface area contributed by atoms with Crippen molar-refractivity contribution < 1.29 is 13.2 Å². The van der Waals surface area contributed by atoms with Crippen LogP contribution in [-0.4, -0.2) is 35.6 Å². The predicted molar refractivity (Wildman–Crippen MR) is 150 cm³/mol. The molecule has 3 heterocycles. The number of amides is 1. The molecule has 0 saturated heterocycles. The molecule has 0 atom stereocenters. The maximum Gasteiger partial charge on any atom is 0.264 e. The Bertz CT molecular complexity index is 1820. The number of rotatable bonds is 5. The van der Waals surface area contributed by atoms with Gasteiger partial charge in [-0.2, -0.15) is 9.78 Å². The summed E-state index contributed by atoms with van der Waals surface area (Å²) >= 11 is 1.51. The third-order valence-electron chi connectivity index (χ3n) is 6.62. The number of para-hydroxylation sites is 1. The van der Waals surface area contributed by atoms with Crippen LogP contribution in [0.3, 0.4) is 0 Å². The summed E-state index contributed by atoms with van der Waals surface area (Å²) in [6.07, 6.45) is 0.677. The molecule has 38 heavy (non-hydrogen) atoms. The minimum absolute atomic E-state index is 0.145. The molecule has 2 aromatic heterocycles. The zero-order chi connectivity index (χ0) is 26.6. The van der Waals surface area contributed by atoms with Crippen LogP contribution in [0.15, 0.2) is 71.6 Å². The molecular formula is C28H25N5O3S2. The lowest BCUT2D eigenvalue weighted by atomic mass is 10.1. The molecule has 0 aliphatic carbocycles. The molecular weight excluding hydrogens is 518 g/mol. The normalized spacial score (nSPS) is 13.2. The summed E-state index contributed by atoms with van der Waals surface area (Å²) in [6.45, 7) is 6.33. The van der Waals surface area contributed by atoms with E-state index < -0.39 is 10.0 Å². The first-order valence-corrected chi connectivity index (χ1v) is 14.4. The monoisotopic (exact) mass is 543 g/mol. The first-order chi connectivity index (χ1) is 18.2. The molecule has 0 unspecified atom stereocenters. The smallest absolute Gasteiger partial charge is 0.264 e. The second kappa shape index (κ2) is 9.07. The average molecular weight is 544 g/mol. The molecule has 1 N–H and O–H groups in total. The van der Waals surface area contributed by atoms with Gasteiger partial charge in [0, 0.05) is 18.2 Å². The number of fused-ring (bicyclic) bond motifs is 2. The zero-order valence-corrected chi connectivity index (χ0v) is 22.7. The number of nitrogens with zero attached hydrogens (tertiary/aromatic N) is 4. The van der Waals surface area contributed by atoms with Crippen LogP contribution in [0.2, 0.25) is 0 Å². The van der Waals surface area contributed by atoms with Crippen LogP contribution in [0.4, 0.5) is 11.5 Å². The SMILES string of the molecule is Cc1cc(C)c2nc(-n3nc(C)cc3NC(=O)c3ccc(S(=O)(=O)N4CCc5ccccc54)cc3)sc2c1. The summed E-state index contributed by atoms with van der Waals surface area (Å²) in [4.78, 5) is 18.0. The molecule has 0 bridgehead atoms. The summed E-state index contributed by atoms with van der Waals surface area (Å²) < 4.78 is 30.7. The van der Waals surface area contributed by atoms with Crippen molar-refractivity contribution in [3.63, 3.8) is 0 Å².